The van der Waals surface area contributed by atoms with E-state index in [1.165, 1.54) is 19.3 Å². The molecule has 0 unspecified atom stereocenters. The van der Waals surface area contributed by atoms with Crippen LogP contribution in [0.25, 0.3) is 0 Å². The summed E-state index contributed by atoms with van der Waals surface area (Å²) in [5.74, 6) is 1.25. The second kappa shape index (κ2) is 6.94. The first-order valence-corrected chi connectivity index (χ1v) is 11.5. The first-order chi connectivity index (χ1) is 9.87. The van der Waals surface area contributed by atoms with Crippen LogP contribution in [-0.4, -0.2) is 19.5 Å². The minimum Gasteiger partial charge on any atom is -0.544 e. The molecule has 0 saturated heterocycles. The molecule has 1 aromatic carbocycles. The van der Waals surface area contributed by atoms with E-state index in [-0.39, 0.29) is 6.04 Å². The Morgan fingerprint density at radius 3 is 2.19 bits per heavy atom. The molecule has 0 radical (unpaired) electrons. The molecule has 1 fully saturated rings. The molecule has 3 nitrogen and oxygen atoms in total. The van der Waals surface area contributed by atoms with Gasteiger partial charge < -0.3 is 15.3 Å². The van der Waals surface area contributed by atoms with Crippen LogP contribution < -0.4 is 10.2 Å². The van der Waals surface area contributed by atoms with Gasteiger partial charge in [-0.25, -0.2) is 0 Å². The first kappa shape index (κ1) is 16.5. The zero-order valence-corrected chi connectivity index (χ0v) is 14.5. The van der Waals surface area contributed by atoms with Gasteiger partial charge in [0.1, 0.15) is 5.75 Å². The van der Waals surface area contributed by atoms with Crippen molar-refractivity contribution in [3.8, 4) is 5.75 Å². The molecular formula is C17H29NO2Si. The van der Waals surface area contributed by atoms with Crippen molar-refractivity contribution in [1.82, 2.24) is 0 Å². The number of nitrogens with two attached hydrogens (primary N) is 1. The Morgan fingerprint density at radius 1 is 1.10 bits per heavy atom. The van der Waals surface area contributed by atoms with E-state index in [1.807, 2.05) is 24.3 Å². The molecule has 0 heterocycles. The van der Waals surface area contributed by atoms with E-state index in [1.54, 1.807) is 0 Å². The SMILES string of the molecule is C[Si](C)(C)Oc1ccc([C@H](N)[C@H](O)C2CCCCC2)cc1. The van der Waals surface area contributed by atoms with Crippen LogP contribution >= 0.6 is 0 Å². The zero-order chi connectivity index (χ0) is 15.5. The predicted molar refractivity (Wildman–Crippen MR) is 89.9 cm³/mol. The average Bonchev–Trinajstić information content (AvgIpc) is 2.46. The quantitative estimate of drug-likeness (QED) is 0.813. The first-order valence-electron chi connectivity index (χ1n) is 8.09. The van der Waals surface area contributed by atoms with E-state index < -0.39 is 14.4 Å². The Kier molecular flexibility index (Phi) is 5.46. The fourth-order valence-electron chi connectivity index (χ4n) is 3.08. The van der Waals surface area contributed by atoms with Gasteiger partial charge in [0.05, 0.1) is 12.1 Å². The van der Waals surface area contributed by atoms with Crippen molar-refractivity contribution >= 4 is 8.32 Å². The summed E-state index contributed by atoms with van der Waals surface area (Å²) in [6.45, 7) is 6.50. The van der Waals surface area contributed by atoms with Crippen molar-refractivity contribution in [3.05, 3.63) is 29.8 Å². The Bertz CT molecular complexity index is 435. The predicted octanol–water partition coefficient (Wildman–Crippen LogP) is 3.84. The van der Waals surface area contributed by atoms with E-state index in [4.69, 9.17) is 10.2 Å². The molecule has 0 aromatic heterocycles. The van der Waals surface area contributed by atoms with Gasteiger partial charge in [0.2, 0.25) is 8.32 Å². The molecule has 0 spiro atoms. The van der Waals surface area contributed by atoms with Crippen LogP contribution in [0.1, 0.15) is 43.7 Å². The van der Waals surface area contributed by atoms with Gasteiger partial charge in [-0.3, -0.25) is 0 Å². The third-order valence-corrected chi connectivity index (χ3v) is 5.04. The van der Waals surface area contributed by atoms with Gasteiger partial charge in [-0.15, -0.1) is 0 Å². The molecule has 1 aliphatic carbocycles. The molecule has 0 bridgehead atoms. The maximum absolute atomic E-state index is 10.5. The summed E-state index contributed by atoms with van der Waals surface area (Å²) in [6, 6.07) is 7.63. The lowest BCUT2D eigenvalue weighted by Crippen LogP contribution is -2.34. The van der Waals surface area contributed by atoms with E-state index >= 15 is 0 Å². The van der Waals surface area contributed by atoms with Crippen molar-refractivity contribution < 1.29 is 9.53 Å². The second-order valence-electron chi connectivity index (χ2n) is 7.20. The molecule has 1 aromatic rings. The van der Waals surface area contributed by atoms with Crippen molar-refractivity contribution in [2.75, 3.05) is 0 Å². The van der Waals surface area contributed by atoms with Gasteiger partial charge in [-0.1, -0.05) is 31.4 Å². The standard InChI is InChI=1S/C17H29NO2Si/c1-21(2,3)20-15-11-9-13(10-12-15)16(18)17(19)14-7-5-4-6-8-14/h9-12,14,16-17,19H,4-8,18H2,1-3H3/t16-,17+/m0/s1. The fourth-order valence-corrected chi connectivity index (χ4v) is 3.92. The third-order valence-electron chi connectivity index (χ3n) is 4.19. The minimum atomic E-state index is -1.57. The van der Waals surface area contributed by atoms with Gasteiger partial charge in [-0.2, -0.15) is 0 Å². The molecule has 118 valence electrons. The van der Waals surface area contributed by atoms with Crippen LogP contribution in [0.5, 0.6) is 5.75 Å². The number of hydrogen-bond acceptors (Lipinski definition) is 3. The molecule has 21 heavy (non-hydrogen) atoms. The summed E-state index contributed by atoms with van der Waals surface area (Å²) >= 11 is 0. The highest BCUT2D eigenvalue weighted by Crippen LogP contribution is 2.31. The maximum Gasteiger partial charge on any atom is 0.242 e. The highest BCUT2D eigenvalue weighted by Gasteiger charge is 2.27. The molecule has 3 N–H and O–H groups in total. The van der Waals surface area contributed by atoms with Crippen LogP contribution in [0.3, 0.4) is 0 Å². The highest BCUT2D eigenvalue weighted by atomic mass is 28.4. The molecule has 0 aliphatic heterocycles. The summed E-state index contributed by atoms with van der Waals surface area (Å²) in [7, 11) is -1.57. The monoisotopic (exact) mass is 307 g/mol. The average molecular weight is 308 g/mol. The molecular weight excluding hydrogens is 278 g/mol. The van der Waals surface area contributed by atoms with Crippen LogP contribution in [-0.2, 0) is 0 Å². The highest BCUT2D eigenvalue weighted by molar-refractivity contribution is 6.70. The Balaban J connectivity index is 2.00. The summed E-state index contributed by atoms with van der Waals surface area (Å²) in [6.07, 6.45) is 5.50. The van der Waals surface area contributed by atoms with Crippen molar-refractivity contribution in [2.24, 2.45) is 11.7 Å². The number of benzene rings is 1. The molecule has 0 amide bonds. The van der Waals surface area contributed by atoms with Gasteiger partial charge in [-0.05, 0) is 56.1 Å². The summed E-state index contributed by atoms with van der Waals surface area (Å²) < 4.78 is 5.95. The van der Waals surface area contributed by atoms with E-state index in [0.29, 0.717) is 5.92 Å². The number of aliphatic hydroxyl groups is 1. The van der Waals surface area contributed by atoms with Gasteiger partial charge >= 0.3 is 0 Å². The molecule has 2 rings (SSSR count). The van der Waals surface area contributed by atoms with Gasteiger partial charge in [0.25, 0.3) is 0 Å². The van der Waals surface area contributed by atoms with E-state index in [2.05, 4.69) is 19.6 Å². The summed E-state index contributed by atoms with van der Waals surface area (Å²) in [5, 5.41) is 10.5. The zero-order valence-electron chi connectivity index (χ0n) is 13.5. The number of rotatable bonds is 5. The normalized spacial score (nSPS) is 20.0. The van der Waals surface area contributed by atoms with E-state index in [0.717, 1.165) is 24.2 Å². The van der Waals surface area contributed by atoms with Crippen LogP contribution in [0.15, 0.2) is 24.3 Å². The van der Waals surface area contributed by atoms with Gasteiger partial charge in [0.15, 0.2) is 0 Å². The van der Waals surface area contributed by atoms with Crippen molar-refractivity contribution in [1.29, 1.82) is 0 Å². The summed E-state index contributed by atoms with van der Waals surface area (Å²) in [4.78, 5) is 0. The molecule has 4 heteroatoms. The topological polar surface area (TPSA) is 55.5 Å². The Hall–Kier alpha value is -0.843. The number of aliphatic hydroxyl groups excluding tert-OH is 1. The largest absolute Gasteiger partial charge is 0.544 e. The van der Waals surface area contributed by atoms with Crippen molar-refractivity contribution in [2.45, 2.75) is 63.9 Å². The molecule has 1 aliphatic rings. The lowest BCUT2D eigenvalue weighted by atomic mass is 9.81. The van der Waals surface area contributed by atoms with Crippen LogP contribution in [0, 0.1) is 5.92 Å². The maximum atomic E-state index is 10.5. The fraction of sp³-hybridized carbons (Fsp3) is 0.647. The van der Waals surface area contributed by atoms with Crippen LogP contribution in [0.2, 0.25) is 19.6 Å². The van der Waals surface area contributed by atoms with Crippen molar-refractivity contribution in [3.63, 3.8) is 0 Å². The minimum absolute atomic E-state index is 0.297. The summed E-state index contributed by atoms with van der Waals surface area (Å²) in [5.41, 5.74) is 7.26. The molecule has 2 atom stereocenters. The van der Waals surface area contributed by atoms with E-state index in [9.17, 15) is 5.11 Å². The number of hydrogen-bond donors (Lipinski definition) is 2. The van der Waals surface area contributed by atoms with Crippen LogP contribution in [0.4, 0.5) is 0 Å². The Morgan fingerprint density at radius 2 is 1.67 bits per heavy atom. The lowest BCUT2D eigenvalue weighted by Gasteiger charge is -2.30. The Labute approximate surface area is 129 Å². The smallest absolute Gasteiger partial charge is 0.242 e. The molecule has 1 saturated carbocycles. The van der Waals surface area contributed by atoms with Gasteiger partial charge in [0, 0.05) is 0 Å². The third kappa shape index (κ3) is 4.83. The second-order valence-corrected chi connectivity index (χ2v) is 11.6. The lowest BCUT2D eigenvalue weighted by molar-refractivity contribution is 0.0618.